The van der Waals surface area contributed by atoms with Gasteiger partial charge in [0.05, 0.1) is 17.2 Å². The molecule has 0 spiro atoms. The fourth-order valence-electron chi connectivity index (χ4n) is 4.50. The summed E-state index contributed by atoms with van der Waals surface area (Å²) in [7, 11) is 0. The molecule has 2 heterocycles. The highest BCUT2D eigenvalue weighted by molar-refractivity contribution is 6.50. The van der Waals surface area contributed by atoms with E-state index in [0.717, 1.165) is 18.2 Å². The second-order valence-electron chi connectivity index (χ2n) is 8.26. The molecular formula is C26H18F3N3O3. The third-order valence-corrected chi connectivity index (χ3v) is 6.14. The molecule has 9 heteroatoms. The van der Waals surface area contributed by atoms with E-state index >= 15 is 0 Å². The molecule has 0 saturated carbocycles. The largest absolute Gasteiger partial charge is 0.416 e. The first kappa shape index (κ1) is 22.5. The van der Waals surface area contributed by atoms with E-state index in [9.17, 15) is 27.6 Å². The summed E-state index contributed by atoms with van der Waals surface area (Å²) in [6.07, 6.45) is -4.64. The number of nitrogens with zero attached hydrogens (tertiary/aromatic N) is 2. The van der Waals surface area contributed by atoms with E-state index in [-0.39, 0.29) is 11.4 Å². The van der Waals surface area contributed by atoms with Gasteiger partial charge in [-0.1, -0.05) is 66.7 Å². The summed E-state index contributed by atoms with van der Waals surface area (Å²) in [6, 6.07) is 20.7. The lowest BCUT2D eigenvalue weighted by Gasteiger charge is -2.19. The summed E-state index contributed by atoms with van der Waals surface area (Å²) >= 11 is 0. The lowest BCUT2D eigenvalue weighted by molar-refractivity contribution is -0.137. The minimum Gasteiger partial charge on any atom is -0.296 e. The van der Waals surface area contributed by atoms with Crippen molar-refractivity contribution in [1.29, 1.82) is 0 Å². The van der Waals surface area contributed by atoms with Crippen LogP contribution in [-0.2, 0) is 20.6 Å². The van der Waals surface area contributed by atoms with Gasteiger partial charge in [0.1, 0.15) is 17.7 Å². The van der Waals surface area contributed by atoms with Crippen LogP contribution in [0, 0.1) is 5.92 Å². The smallest absolute Gasteiger partial charge is 0.296 e. The molecule has 2 aliphatic heterocycles. The first-order valence-corrected chi connectivity index (χ1v) is 10.8. The number of benzene rings is 3. The van der Waals surface area contributed by atoms with Gasteiger partial charge in [-0.05, 0) is 29.3 Å². The summed E-state index contributed by atoms with van der Waals surface area (Å²) in [5, 5.41) is 4.05. The molecule has 1 fully saturated rings. The van der Waals surface area contributed by atoms with Crippen molar-refractivity contribution in [2.75, 3.05) is 4.90 Å². The number of halogens is 3. The number of nitrogens with one attached hydrogen (secondary N) is 1. The zero-order valence-corrected chi connectivity index (χ0v) is 18.1. The van der Waals surface area contributed by atoms with E-state index in [1.54, 1.807) is 48.5 Å². The molecule has 2 amide bonds. The number of alkyl halides is 3. The maximum absolute atomic E-state index is 13.8. The Balaban J connectivity index is 1.50. The average molecular weight is 477 g/mol. The Morgan fingerprint density at radius 2 is 1.46 bits per heavy atom. The van der Waals surface area contributed by atoms with Crippen molar-refractivity contribution in [3.05, 3.63) is 102 Å². The molecule has 2 atom stereocenters. The Morgan fingerprint density at radius 3 is 2.03 bits per heavy atom. The van der Waals surface area contributed by atoms with Crippen LogP contribution in [0.1, 0.15) is 22.6 Å². The number of ketones is 1. The van der Waals surface area contributed by atoms with Crippen LogP contribution in [0.15, 0.2) is 90.0 Å². The number of hydrazone groups is 1. The van der Waals surface area contributed by atoms with Crippen molar-refractivity contribution in [2.24, 2.45) is 11.0 Å². The molecule has 3 aromatic rings. The number of carbonyl (C=O) groups excluding carboxylic acids is 3. The molecule has 2 aliphatic rings. The number of amides is 2. The van der Waals surface area contributed by atoms with Crippen molar-refractivity contribution in [1.82, 2.24) is 5.43 Å². The van der Waals surface area contributed by atoms with Gasteiger partial charge in [-0.3, -0.25) is 19.8 Å². The second-order valence-corrected chi connectivity index (χ2v) is 8.26. The standard InChI is InChI=1S/C26H18F3N3O3/c27-26(28,29)17-12-7-13-18(14-17)32-24(34)20-21(30-31-22(20)25(32)35)23(33)19(15-8-3-1-4-9-15)16-10-5-2-6-11-16/h1-14,19-20,22,31H/t20-,22+/m0/s1. The van der Waals surface area contributed by atoms with Crippen molar-refractivity contribution >= 4 is 29.0 Å². The molecule has 35 heavy (non-hydrogen) atoms. The molecule has 176 valence electrons. The van der Waals surface area contributed by atoms with Crippen molar-refractivity contribution in [3.63, 3.8) is 0 Å². The average Bonchev–Trinajstić information content (AvgIpc) is 3.40. The highest BCUT2D eigenvalue weighted by atomic mass is 19.4. The van der Waals surface area contributed by atoms with Gasteiger partial charge in [-0.15, -0.1) is 0 Å². The summed E-state index contributed by atoms with van der Waals surface area (Å²) in [4.78, 5) is 40.8. The van der Waals surface area contributed by atoms with Gasteiger partial charge >= 0.3 is 6.18 Å². The quantitative estimate of drug-likeness (QED) is 0.565. The van der Waals surface area contributed by atoms with Gasteiger partial charge in [0.25, 0.3) is 5.91 Å². The first-order chi connectivity index (χ1) is 16.8. The summed E-state index contributed by atoms with van der Waals surface area (Å²) in [6.45, 7) is 0. The number of carbonyl (C=O) groups is 3. The van der Waals surface area contributed by atoms with E-state index < -0.39 is 47.2 Å². The van der Waals surface area contributed by atoms with Gasteiger partial charge in [0.2, 0.25) is 5.91 Å². The Bertz CT molecular complexity index is 1300. The van der Waals surface area contributed by atoms with Crippen LogP contribution in [0.25, 0.3) is 0 Å². The third kappa shape index (κ3) is 3.88. The lowest BCUT2D eigenvalue weighted by Crippen LogP contribution is -2.36. The predicted molar refractivity (Wildman–Crippen MR) is 122 cm³/mol. The number of Topliss-reactive ketones (excluding diaryl/α,β-unsaturated/α-hetero) is 1. The van der Waals surface area contributed by atoms with E-state index in [1.165, 1.54) is 6.07 Å². The van der Waals surface area contributed by atoms with Gasteiger partial charge < -0.3 is 0 Å². The minimum atomic E-state index is -4.64. The Kier molecular flexibility index (Phi) is 5.47. The molecule has 6 nitrogen and oxygen atoms in total. The van der Waals surface area contributed by atoms with Crippen LogP contribution in [0.3, 0.4) is 0 Å². The number of fused-ring (bicyclic) bond motifs is 1. The van der Waals surface area contributed by atoms with E-state index in [0.29, 0.717) is 16.0 Å². The molecule has 0 aliphatic carbocycles. The van der Waals surface area contributed by atoms with Crippen molar-refractivity contribution in [3.8, 4) is 0 Å². The number of hydrogen-bond donors (Lipinski definition) is 1. The number of anilines is 1. The molecule has 5 rings (SSSR count). The number of hydrogen-bond acceptors (Lipinski definition) is 5. The van der Waals surface area contributed by atoms with E-state index in [1.807, 2.05) is 12.1 Å². The predicted octanol–water partition coefficient (Wildman–Crippen LogP) is 3.92. The lowest BCUT2D eigenvalue weighted by atomic mass is 9.82. The van der Waals surface area contributed by atoms with Crippen LogP contribution in [0.2, 0.25) is 0 Å². The van der Waals surface area contributed by atoms with Crippen LogP contribution in [0.5, 0.6) is 0 Å². The Hall–Kier alpha value is -4.27. The normalized spacial score (nSPS) is 19.5. The molecule has 1 saturated heterocycles. The molecular weight excluding hydrogens is 459 g/mol. The van der Waals surface area contributed by atoms with Crippen LogP contribution < -0.4 is 10.3 Å². The topological polar surface area (TPSA) is 78.8 Å². The SMILES string of the molecule is O=C(C1=NN[C@H]2C(=O)N(c3cccc(C(F)(F)F)c3)C(=O)[C@@H]12)C(c1ccccc1)c1ccccc1. The van der Waals surface area contributed by atoms with Crippen molar-refractivity contribution in [2.45, 2.75) is 18.1 Å². The van der Waals surface area contributed by atoms with Gasteiger partial charge in [0, 0.05) is 0 Å². The van der Waals surface area contributed by atoms with Gasteiger partial charge in [-0.25, -0.2) is 4.90 Å². The number of imide groups is 1. The summed E-state index contributed by atoms with van der Waals surface area (Å²) in [5.74, 6) is -4.03. The monoisotopic (exact) mass is 477 g/mol. The van der Waals surface area contributed by atoms with Crippen LogP contribution in [-0.4, -0.2) is 29.4 Å². The Labute approximate surface area is 198 Å². The highest BCUT2D eigenvalue weighted by Crippen LogP contribution is 2.37. The zero-order valence-electron chi connectivity index (χ0n) is 18.1. The molecule has 1 N–H and O–H groups in total. The third-order valence-electron chi connectivity index (χ3n) is 6.14. The van der Waals surface area contributed by atoms with Crippen LogP contribution >= 0.6 is 0 Å². The summed E-state index contributed by atoms with van der Waals surface area (Å²) in [5.41, 5.74) is 2.61. The summed E-state index contributed by atoms with van der Waals surface area (Å²) < 4.78 is 39.6. The maximum atomic E-state index is 13.8. The molecule has 0 aromatic heterocycles. The number of rotatable bonds is 5. The van der Waals surface area contributed by atoms with E-state index in [2.05, 4.69) is 10.5 Å². The minimum absolute atomic E-state index is 0.125. The molecule has 0 unspecified atom stereocenters. The van der Waals surface area contributed by atoms with Gasteiger partial charge in [0.15, 0.2) is 5.78 Å². The first-order valence-electron chi connectivity index (χ1n) is 10.8. The van der Waals surface area contributed by atoms with Crippen LogP contribution in [0.4, 0.5) is 18.9 Å². The molecule has 0 bridgehead atoms. The highest BCUT2D eigenvalue weighted by Gasteiger charge is 2.56. The van der Waals surface area contributed by atoms with E-state index in [4.69, 9.17) is 0 Å². The maximum Gasteiger partial charge on any atom is 0.416 e. The fourth-order valence-corrected chi connectivity index (χ4v) is 4.50. The molecule has 3 aromatic carbocycles. The second kappa shape index (κ2) is 8.50. The molecule has 0 radical (unpaired) electrons. The van der Waals surface area contributed by atoms with Gasteiger partial charge in [-0.2, -0.15) is 18.3 Å². The van der Waals surface area contributed by atoms with Crippen molar-refractivity contribution < 1.29 is 27.6 Å². The Morgan fingerprint density at radius 1 is 0.857 bits per heavy atom. The zero-order chi connectivity index (χ0) is 24.7. The fraction of sp³-hybridized carbons (Fsp3) is 0.154.